The summed E-state index contributed by atoms with van der Waals surface area (Å²) in [5, 5.41) is 2.51. The van der Waals surface area contributed by atoms with Crippen LogP contribution in [0.5, 0.6) is 0 Å². The van der Waals surface area contributed by atoms with Gasteiger partial charge in [-0.1, -0.05) is 159 Å². The summed E-state index contributed by atoms with van der Waals surface area (Å²) >= 11 is 0. The third kappa shape index (κ3) is 6.90. The van der Waals surface area contributed by atoms with Gasteiger partial charge in [-0.25, -0.2) is 15.0 Å². The number of aromatic nitrogens is 4. The lowest BCUT2D eigenvalue weighted by molar-refractivity contribution is 0.202. The van der Waals surface area contributed by atoms with Gasteiger partial charge >= 0.3 is 0 Å². The van der Waals surface area contributed by atoms with Crippen LogP contribution >= 0.6 is 0 Å². The summed E-state index contributed by atoms with van der Waals surface area (Å²) in [6.07, 6.45) is 14.1. The molecule has 294 valence electrons. The highest BCUT2D eigenvalue weighted by atomic mass is 16.5. The number of para-hydroxylation sites is 2. The first-order valence-electron chi connectivity index (χ1n) is 21.2. The lowest BCUT2D eigenvalue weighted by atomic mass is 9.86. The van der Waals surface area contributed by atoms with Gasteiger partial charge in [-0.2, -0.15) is 0 Å². The molecule has 61 heavy (non-hydrogen) atoms. The number of nitrogens with zero attached hydrogens (tertiary/aromatic N) is 5. The standard InChI is InChI=1S/C55H43N5O/c1-36-45-18-10-13-23-51(45)61-35-43-29-28-42(37-14-4-2-5-15-37)34-48(43)56-52(36)38-24-26-40(27-25-38)54-57-53(39-16-6-3-7-17-39)58-55(59-54)41-30-32-44(33-31-41)60-49-21-11-8-19-46(49)47-20-9-12-22-50(47)60/h2-9,11-12,14-30,32-34,36,41H,10,13,31,35H2,1H3. The van der Waals surface area contributed by atoms with E-state index in [0.29, 0.717) is 18.3 Å². The van der Waals surface area contributed by atoms with Gasteiger partial charge in [-0.15, -0.1) is 0 Å². The molecule has 6 heteroatoms. The van der Waals surface area contributed by atoms with E-state index in [1.54, 1.807) is 0 Å². The molecule has 1 aliphatic heterocycles. The van der Waals surface area contributed by atoms with Crippen molar-refractivity contribution in [3.8, 4) is 33.9 Å². The molecular weight excluding hydrogens is 747 g/mol. The fourth-order valence-electron chi connectivity index (χ4n) is 9.01. The first-order chi connectivity index (χ1) is 30.1. The van der Waals surface area contributed by atoms with E-state index in [9.17, 15) is 0 Å². The second-order valence-electron chi connectivity index (χ2n) is 16.0. The largest absolute Gasteiger partial charge is 0.489 e. The average Bonchev–Trinajstić information content (AvgIpc) is 3.69. The van der Waals surface area contributed by atoms with Crippen LogP contribution in [-0.4, -0.2) is 25.2 Å². The average molecular weight is 790 g/mol. The van der Waals surface area contributed by atoms with E-state index in [-0.39, 0.29) is 11.8 Å². The number of allylic oxidation sites excluding steroid dienone is 7. The van der Waals surface area contributed by atoms with Crippen molar-refractivity contribution in [2.45, 2.75) is 38.7 Å². The second-order valence-corrected chi connectivity index (χ2v) is 16.0. The molecular formula is C55H43N5O. The van der Waals surface area contributed by atoms with Crippen molar-refractivity contribution in [2.24, 2.45) is 10.9 Å². The molecule has 2 atom stereocenters. The Kier molecular flexibility index (Phi) is 9.38. The molecule has 6 nitrogen and oxygen atoms in total. The molecule has 0 bridgehead atoms. The first-order valence-corrected chi connectivity index (χ1v) is 21.2. The van der Waals surface area contributed by atoms with E-state index in [0.717, 1.165) is 81.3 Å². The van der Waals surface area contributed by atoms with Crippen LogP contribution in [0.25, 0.3) is 61.4 Å². The number of benzene rings is 6. The number of hydrogen-bond donors (Lipinski definition) is 0. The zero-order valence-electron chi connectivity index (χ0n) is 33.9. The number of rotatable bonds is 6. The summed E-state index contributed by atoms with van der Waals surface area (Å²) in [6.45, 7) is 2.71. The van der Waals surface area contributed by atoms with Crippen LogP contribution in [0.1, 0.15) is 49.1 Å². The molecule has 2 aromatic heterocycles. The van der Waals surface area contributed by atoms with E-state index in [4.69, 9.17) is 24.7 Å². The van der Waals surface area contributed by atoms with E-state index in [1.807, 2.05) is 24.3 Å². The molecule has 0 amide bonds. The van der Waals surface area contributed by atoms with Crippen LogP contribution in [-0.2, 0) is 11.3 Å². The monoisotopic (exact) mass is 789 g/mol. The van der Waals surface area contributed by atoms with Gasteiger partial charge in [-0.3, -0.25) is 4.99 Å². The molecule has 0 spiro atoms. The minimum absolute atomic E-state index is 0.00995. The second kappa shape index (κ2) is 15.6. The summed E-state index contributed by atoms with van der Waals surface area (Å²) in [4.78, 5) is 20.9. The third-order valence-corrected chi connectivity index (χ3v) is 12.2. The van der Waals surface area contributed by atoms with Crippen LogP contribution in [0.3, 0.4) is 0 Å². The van der Waals surface area contributed by atoms with Crippen molar-refractivity contribution in [3.63, 3.8) is 0 Å². The van der Waals surface area contributed by atoms with Crippen molar-refractivity contribution >= 4 is 38.9 Å². The van der Waals surface area contributed by atoms with Crippen LogP contribution in [0.4, 0.5) is 5.69 Å². The SMILES string of the molecule is CC1C2=CCCC=C2OCc2ccc(-c3ccccc3)cc2N=C1c1ccc(-c2nc(-c3ccccc3)nc(C3C=CC(n4c5ccccc5c5ccccc54)=CC3)n2)cc1. The predicted octanol–water partition coefficient (Wildman–Crippen LogP) is 13.5. The maximum Gasteiger partial charge on any atom is 0.163 e. The quantitative estimate of drug-likeness (QED) is 0.168. The van der Waals surface area contributed by atoms with Crippen molar-refractivity contribution in [1.29, 1.82) is 0 Å². The Morgan fingerprint density at radius 2 is 1.18 bits per heavy atom. The number of ether oxygens (including phenoxy) is 1. The van der Waals surface area contributed by atoms with Crippen LogP contribution in [0, 0.1) is 5.92 Å². The fourth-order valence-corrected chi connectivity index (χ4v) is 9.01. The Labute approximate surface area is 355 Å². The van der Waals surface area contributed by atoms with Crippen molar-refractivity contribution in [1.82, 2.24) is 19.5 Å². The van der Waals surface area contributed by atoms with Crippen molar-refractivity contribution in [2.75, 3.05) is 0 Å². The Morgan fingerprint density at radius 1 is 0.574 bits per heavy atom. The predicted molar refractivity (Wildman–Crippen MR) is 248 cm³/mol. The highest BCUT2D eigenvalue weighted by Crippen LogP contribution is 2.38. The third-order valence-electron chi connectivity index (χ3n) is 12.2. The molecule has 0 radical (unpaired) electrons. The normalized spacial score (nSPS) is 17.5. The Hall–Kier alpha value is -7.44. The zero-order valence-corrected chi connectivity index (χ0v) is 33.9. The number of aliphatic imine (C=N–C) groups is 1. The maximum atomic E-state index is 6.53. The molecule has 3 heterocycles. The lowest BCUT2D eigenvalue weighted by Gasteiger charge is -2.23. The fraction of sp³-hybridized carbons (Fsp3) is 0.127. The minimum Gasteiger partial charge on any atom is -0.489 e. The van der Waals surface area contributed by atoms with Gasteiger partial charge in [0.15, 0.2) is 11.6 Å². The highest BCUT2D eigenvalue weighted by Gasteiger charge is 2.26. The molecule has 0 saturated heterocycles. The topological polar surface area (TPSA) is 65.2 Å². The summed E-state index contributed by atoms with van der Waals surface area (Å²) in [5.41, 5.74) is 13.0. The van der Waals surface area contributed by atoms with Crippen LogP contribution < -0.4 is 0 Å². The van der Waals surface area contributed by atoms with Gasteiger partial charge in [0.1, 0.15) is 18.2 Å². The highest BCUT2D eigenvalue weighted by molar-refractivity contribution is 6.10. The van der Waals surface area contributed by atoms with Crippen LogP contribution in [0.2, 0.25) is 0 Å². The number of hydrogen-bond acceptors (Lipinski definition) is 5. The smallest absolute Gasteiger partial charge is 0.163 e. The molecule has 6 aromatic carbocycles. The maximum absolute atomic E-state index is 6.53. The van der Waals surface area contributed by atoms with Crippen LogP contribution in [0.15, 0.2) is 198 Å². The van der Waals surface area contributed by atoms with Gasteiger partial charge < -0.3 is 9.30 Å². The van der Waals surface area contributed by atoms with E-state index >= 15 is 0 Å². The van der Waals surface area contributed by atoms with E-state index in [1.165, 1.54) is 27.4 Å². The zero-order chi connectivity index (χ0) is 40.7. The van der Waals surface area contributed by atoms with Gasteiger partial charge in [0, 0.05) is 45.0 Å². The summed E-state index contributed by atoms with van der Waals surface area (Å²) in [5.74, 6) is 3.03. The van der Waals surface area contributed by atoms with Crippen molar-refractivity contribution in [3.05, 3.63) is 210 Å². The van der Waals surface area contributed by atoms with Gasteiger partial charge in [0.25, 0.3) is 0 Å². The summed E-state index contributed by atoms with van der Waals surface area (Å²) in [7, 11) is 0. The number of fused-ring (bicyclic) bond motifs is 5. The molecule has 2 unspecified atom stereocenters. The van der Waals surface area contributed by atoms with Gasteiger partial charge in [0.05, 0.1) is 22.4 Å². The van der Waals surface area contributed by atoms with Gasteiger partial charge in [-0.05, 0) is 71.9 Å². The molecule has 2 aliphatic carbocycles. The summed E-state index contributed by atoms with van der Waals surface area (Å²) in [6, 6.07) is 53.1. The van der Waals surface area contributed by atoms with Gasteiger partial charge in [0.2, 0.25) is 0 Å². The minimum atomic E-state index is -0.0107. The first kappa shape index (κ1) is 36.6. The summed E-state index contributed by atoms with van der Waals surface area (Å²) < 4.78 is 8.89. The molecule has 11 rings (SSSR count). The van der Waals surface area contributed by atoms with E-state index < -0.39 is 0 Å². The Balaban J connectivity index is 0.961. The Bertz CT molecular complexity index is 3060. The molecule has 0 saturated carbocycles. The lowest BCUT2D eigenvalue weighted by Crippen LogP contribution is -2.18. The molecule has 0 fully saturated rings. The Morgan fingerprint density at radius 3 is 1.87 bits per heavy atom. The van der Waals surface area contributed by atoms with E-state index in [2.05, 4.69) is 169 Å². The molecule has 8 aromatic rings. The molecule has 3 aliphatic rings. The molecule has 0 N–H and O–H groups in total. The van der Waals surface area contributed by atoms with Crippen molar-refractivity contribution < 1.29 is 4.74 Å².